The normalized spacial score (nSPS) is 10.0. The highest BCUT2D eigenvalue weighted by molar-refractivity contribution is 8.00. The van der Waals surface area contributed by atoms with E-state index in [-0.39, 0.29) is 5.78 Å². The van der Waals surface area contributed by atoms with E-state index in [0.717, 1.165) is 9.22 Å². The Hall–Kier alpha value is -0.350. The first kappa shape index (κ1) is 8.74. The van der Waals surface area contributed by atoms with Gasteiger partial charge in [0, 0.05) is 6.42 Å². The molecule has 0 aliphatic rings. The summed E-state index contributed by atoms with van der Waals surface area (Å²) >= 11 is 3.04. The van der Waals surface area contributed by atoms with Crippen LogP contribution in [-0.2, 0) is 0 Å². The predicted molar refractivity (Wildman–Crippen MR) is 48.5 cm³/mol. The van der Waals surface area contributed by atoms with Crippen LogP contribution < -0.4 is 0 Å². The van der Waals surface area contributed by atoms with E-state index < -0.39 is 0 Å². The van der Waals surface area contributed by atoms with Crippen molar-refractivity contribution >= 4 is 28.9 Å². The van der Waals surface area contributed by atoms with Crippen LogP contribution in [0.15, 0.2) is 10.5 Å². The number of carbonyl (C=O) groups excluding carboxylic acids is 1. The lowest BCUT2D eigenvalue weighted by Gasteiger charge is -1.86. The predicted octanol–water partition coefficient (Wildman–Crippen LogP) is 2.46. The molecule has 4 heteroatoms. The number of thiazole rings is 1. The van der Waals surface area contributed by atoms with Gasteiger partial charge in [-0.3, -0.25) is 4.79 Å². The van der Waals surface area contributed by atoms with Crippen molar-refractivity contribution in [3.8, 4) is 0 Å². The van der Waals surface area contributed by atoms with Crippen molar-refractivity contribution < 1.29 is 4.79 Å². The number of hydrogen-bond donors (Lipinski definition) is 0. The first-order chi connectivity index (χ1) is 5.27. The van der Waals surface area contributed by atoms with Gasteiger partial charge in [-0.05, 0) is 6.26 Å². The number of thioether (sulfide) groups is 1. The maximum absolute atomic E-state index is 11.1. The smallest absolute Gasteiger partial charge is 0.174 e. The van der Waals surface area contributed by atoms with Crippen LogP contribution >= 0.6 is 23.1 Å². The Morgan fingerprint density at radius 1 is 1.82 bits per heavy atom. The van der Waals surface area contributed by atoms with Gasteiger partial charge in [-0.25, -0.2) is 4.98 Å². The minimum atomic E-state index is 0.183. The van der Waals surface area contributed by atoms with Crippen molar-refractivity contribution in [3.63, 3.8) is 0 Å². The van der Waals surface area contributed by atoms with Gasteiger partial charge in [0.15, 0.2) is 5.78 Å². The highest BCUT2D eigenvalue weighted by atomic mass is 32.2. The molecular weight excluding hydrogens is 178 g/mol. The highest BCUT2D eigenvalue weighted by Gasteiger charge is 2.06. The van der Waals surface area contributed by atoms with Gasteiger partial charge in [0.1, 0.15) is 4.34 Å². The summed E-state index contributed by atoms with van der Waals surface area (Å²) < 4.78 is 0.960. The number of rotatable bonds is 3. The molecule has 0 saturated heterocycles. The molecule has 0 N–H and O–H groups in total. The Morgan fingerprint density at radius 2 is 2.55 bits per heavy atom. The lowest BCUT2D eigenvalue weighted by molar-refractivity contribution is 0.0992. The van der Waals surface area contributed by atoms with E-state index in [4.69, 9.17) is 0 Å². The maximum atomic E-state index is 11.1. The molecule has 0 spiro atoms. The number of aromatic nitrogens is 1. The SMILES string of the molecule is CCC(=O)c1cnc(SC)s1. The summed E-state index contributed by atoms with van der Waals surface area (Å²) in [5.74, 6) is 0.183. The third-order valence-electron chi connectivity index (χ3n) is 1.26. The van der Waals surface area contributed by atoms with Crippen molar-refractivity contribution in [2.45, 2.75) is 17.7 Å². The molecule has 0 radical (unpaired) electrons. The molecule has 0 fully saturated rings. The van der Waals surface area contributed by atoms with Crippen LogP contribution in [0.2, 0.25) is 0 Å². The van der Waals surface area contributed by atoms with Gasteiger partial charge >= 0.3 is 0 Å². The zero-order valence-electron chi connectivity index (χ0n) is 6.46. The molecule has 0 bridgehead atoms. The summed E-state index contributed by atoms with van der Waals surface area (Å²) in [4.78, 5) is 15.9. The Kier molecular flexibility index (Phi) is 3.08. The van der Waals surface area contributed by atoms with Gasteiger partial charge in [-0.1, -0.05) is 18.7 Å². The van der Waals surface area contributed by atoms with E-state index in [1.165, 1.54) is 11.3 Å². The summed E-state index contributed by atoms with van der Waals surface area (Å²) in [7, 11) is 0. The van der Waals surface area contributed by atoms with Crippen LogP contribution in [0.25, 0.3) is 0 Å². The van der Waals surface area contributed by atoms with Crippen LogP contribution in [0.1, 0.15) is 23.0 Å². The number of hydrogen-bond acceptors (Lipinski definition) is 4. The Morgan fingerprint density at radius 3 is 3.00 bits per heavy atom. The summed E-state index contributed by atoms with van der Waals surface area (Å²) in [5.41, 5.74) is 0. The first-order valence-electron chi connectivity index (χ1n) is 3.31. The van der Waals surface area contributed by atoms with E-state index in [0.29, 0.717) is 6.42 Å². The summed E-state index contributed by atoms with van der Waals surface area (Å²) in [6, 6.07) is 0. The third-order valence-corrected chi connectivity index (χ3v) is 3.29. The third kappa shape index (κ3) is 2.04. The monoisotopic (exact) mass is 187 g/mol. The molecule has 1 aromatic heterocycles. The molecule has 2 nitrogen and oxygen atoms in total. The molecule has 0 unspecified atom stereocenters. The van der Waals surface area contributed by atoms with Gasteiger partial charge in [0.25, 0.3) is 0 Å². The number of nitrogens with zero attached hydrogens (tertiary/aromatic N) is 1. The Balaban J connectivity index is 2.80. The highest BCUT2D eigenvalue weighted by Crippen LogP contribution is 2.22. The van der Waals surface area contributed by atoms with Crippen molar-refractivity contribution in [2.24, 2.45) is 0 Å². The molecule has 0 aliphatic carbocycles. The van der Waals surface area contributed by atoms with E-state index in [1.807, 2.05) is 13.2 Å². The average Bonchev–Trinajstić information content (AvgIpc) is 2.50. The van der Waals surface area contributed by atoms with Gasteiger partial charge in [0.05, 0.1) is 11.1 Å². The fraction of sp³-hybridized carbons (Fsp3) is 0.429. The van der Waals surface area contributed by atoms with Crippen molar-refractivity contribution in [2.75, 3.05) is 6.26 Å². The fourth-order valence-electron chi connectivity index (χ4n) is 0.656. The quantitative estimate of drug-likeness (QED) is 0.538. The number of ketones is 1. The lowest BCUT2D eigenvalue weighted by Crippen LogP contribution is -1.90. The second-order valence-electron chi connectivity index (χ2n) is 1.97. The summed E-state index contributed by atoms with van der Waals surface area (Å²) in [6.07, 6.45) is 4.18. The van der Waals surface area contributed by atoms with E-state index >= 15 is 0 Å². The first-order valence-corrected chi connectivity index (χ1v) is 5.35. The fourth-order valence-corrected chi connectivity index (χ4v) is 2.07. The van der Waals surface area contributed by atoms with Crippen LogP contribution in [0.4, 0.5) is 0 Å². The molecule has 0 saturated carbocycles. The Labute approximate surface area is 74.0 Å². The van der Waals surface area contributed by atoms with E-state index in [2.05, 4.69) is 4.98 Å². The topological polar surface area (TPSA) is 30.0 Å². The van der Waals surface area contributed by atoms with Crippen LogP contribution in [0, 0.1) is 0 Å². The van der Waals surface area contributed by atoms with E-state index in [1.54, 1.807) is 18.0 Å². The molecule has 1 rings (SSSR count). The summed E-state index contributed by atoms with van der Waals surface area (Å²) in [6.45, 7) is 1.86. The summed E-state index contributed by atoms with van der Waals surface area (Å²) in [5, 5.41) is 0. The van der Waals surface area contributed by atoms with Gasteiger partial charge in [-0.2, -0.15) is 0 Å². The van der Waals surface area contributed by atoms with Gasteiger partial charge in [0.2, 0.25) is 0 Å². The van der Waals surface area contributed by atoms with E-state index in [9.17, 15) is 4.79 Å². The average molecular weight is 187 g/mol. The zero-order chi connectivity index (χ0) is 8.27. The molecule has 0 amide bonds. The minimum Gasteiger partial charge on any atom is -0.293 e. The zero-order valence-corrected chi connectivity index (χ0v) is 8.09. The molecule has 1 aromatic rings. The van der Waals surface area contributed by atoms with Crippen molar-refractivity contribution in [1.82, 2.24) is 4.98 Å². The van der Waals surface area contributed by atoms with Crippen LogP contribution in [-0.4, -0.2) is 17.0 Å². The standard InChI is InChI=1S/C7H9NOS2/c1-3-5(9)6-4-8-7(10-2)11-6/h4H,3H2,1-2H3. The second kappa shape index (κ2) is 3.88. The molecule has 0 aliphatic heterocycles. The molecule has 0 atom stereocenters. The van der Waals surface area contributed by atoms with Gasteiger partial charge < -0.3 is 0 Å². The van der Waals surface area contributed by atoms with Crippen molar-refractivity contribution in [3.05, 3.63) is 11.1 Å². The molecular formula is C7H9NOS2. The van der Waals surface area contributed by atoms with Crippen molar-refractivity contribution in [1.29, 1.82) is 0 Å². The maximum Gasteiger partial charge on any atom is 0.174 e. The lowest BCUT2D eigenvalue weighted by atomic mass is 10.3. The molecule has 0 aromatic carbocycles. The molecule has 60 valence electrons. The number of Topliss-reactive ketones (excluding diaryl/α,β-unsaturated/α-hetero) is 1. The minimum absolute atomic E-state index is 0.183. The molecule has 1 heterocycles. The largest absolute Gasteiger partial charge is 0.293 e. The van der Waals surface area contributed by atoms with Gasteiger partial charge in [-0.15, -0.1) is 11.3 Å². The van der Waals surface area contributed by atoms with Crippen LogP contribution in [0.3, 0.4) is 0 Å². The number of carbonyl (C=O) groups is 1. The second-order valence-corrected chi connectivity index (χ2v) is 4.06. The molecule has 11 heavy (non-hydrogen) atoms. The van der Waals surface area contributed by atoms with Crippen LogP contribution in [0.5, 0.6) is 0 Å². The Bertz CT molecular complexity index is 257.